The minimum absolute atomic E-state index is 0.266. The molecular weight excluding hydrogens is 238 g/mol. The van der Waals surface area contributed by atoms with E-state index in [1.54, 1.807) is 0 Å². The number of nitrogens with zero attached hydrogens (tertiary/aromatic N) is 2. The molecule has 0 saturated carbocycles. The van der Waals surface area contributed by atoms with E-state index in [1.807, 2.05) is 30.0 Å². The summed E-state index contributed by atoms with van der Waals surface area (Å²) in [5, 5.41) is 3.21. The number of amides is 1. The maximum atomic E-state index is 12.1. The molecule has 1 fully saturated rings. The molecule has 0 aromatic carbocycles. The quantitative estimate of drug-likeness (QED) is 0.906. The Labute approximate surface area is 115 Å². The Balaban J connectivity index is 1.74. The van der Waals surface area contributed by atoms with Gasteiger partial charge in [-0.25, -0.2) is 4.98 Å². The number of pyridine rings is 1. The molecule has 1 N–H and O–H groups in total. The standard InChI is InChI=1S/C15H23N3O/c1-13-7-6-8-14(17-13)16-10-9-15(19)18-11-4-2-3-5-12-18/h6-8H,2-5,9-12H2,1H3,(H,16,17). The van der Waals surface area contributed by atoms with Crippen molar-refractivity contribution in [3.05, 3.63) is 23.9 Å². The topological polar surface area (TPSA) is 45.2 Å². The van der Waals surface area contributed by atoms with Crippen molar-refractivity contribution in [1.29, 1.82) is 0 Å². The van der Waals surface area contributed by atoms with Gasteiger partial charge in [-0.15, -0.1) is 0 Å². The third kappa shape index (κ3) is 4.54. The predicted octanol–water partition coefficient (Wildman–Crippen LogP) is 2.59. The molecule has 0 atom stereocenters. The molecule has 1 aliphatic rings. The molecule has 1 aliphatic heterocycles. The van der Waals surface area contributed by atoms with Gasteiger partial charge < -0.3 is 10.2 Å². The maximum Gasteiger partial charge on any atom is 0.224 e. The Bertz CT molecular complexity index is 412. The summed E-state index contributed by atoms with van der Waals surface area (Å²) in [4.78, 5) is 18.4. The first kappa shape index (κ1) is 13.8. The summed E-state index contributed by atoms with van der Waals surface area (Å²) < 4.78 is 0. The number of anilines is 1. The van der Waals surface area contributed by atoms with Crippen molar-refractivity contribution < 1.29 is 4.79 Å². The summed E-state index contributed by atoms with van der Waals surface area (Å²) in [6.45, 7) is 4.49. The number of aryl methyl sites for hydroxylation is 1. The lowest BCUT2D eigenvalue weighted by Crippen LogP contribution is -2.32. The monoisotopic (exact) mass is 261 g/mol. The third-order valence-corrected chi connectivity index (χ3v) is 3.49. The fourth-order valence-corrected chi connectivity index (χ4v) is 2.42. The number of aromatic nitrogens is 1. The van der Waals surface area contributed by atoms with Gasteiger partial charge in [-0.2, -0.15) is 0 Å². The summed E-state index contributed by atoms with van der Waals surface area (Å²) in [5.41, 5.74) is 0.990. The first-order valence-electron chi connectivity index (χ1n) is 7.21. The van der Waals surface area contributed by atoms with Crippen LogP contribution in [0.25, 0.3) is 0 Å². The minimum atomic E-state index is 0.266. The van der Waals surface area contributed by atoms with Crippen molar-refractivity contribution in [2.24, 2.45) is 0 Å². The van der Waals surface area contributed by atoms with Crippen LogP contribution in [0.2, 0.25) is 0 Å². The Kier molecular flexibility index (Phi) is 5.19. The van der Waals surface area contributed by atoms with E-state index in [4.69, 9.17) is 0 Å². The molecule has 4 nitrogen and oxygen atoms in total. The Hall–Kier alpha value is -1.58. The van der Waals surface area contributed by atoms with Crippen LogP contribution in [0.1, 0.15) is 37.8 Å². The lowest BCUT2D eigenvalue weighted by atomic mass is 10.2. The van der Waals surface area contributed by atoms with Gasteiger partial charge >= 0.3 is 0 Å². The van der Waals surface area contributed by atoms with Crippen LogP contribution in [0.4, 0.5) is 5.82 Å². The van der Waals surface area contributed by atoms with Crippen LogP contribution in [-0.2, 0) is 4.79 Å². The van der Waals surface area contributed by atoms with E-state index in [0.29, 0.717) is 13.0 Å². The minimum Gasteiger partial charge on any atom is -0.370 e. The molecule has 1 aromatic heterocycles. The molecule has 1 saturated heterocycles. The molecule has 0 spiro atoms. The zero-order valence-electron chi connectivity index (χ0n) is 11.7. The Morgan fingerprint density at radius 2 is 2.00 bits per heavy atom. The highest BCUT2D eigenvalue weighted by molar-refractivity contribution is 5.76. The highest BCUT2D eigenvalue weighted by Gasteiger charge is 2.14. The van der Waals surface area contributed by atoms with Gasteiger partial charge in [-0.05, 0) is 31.9 Å². The molecule has 1 amide bonds. The van der Waals surface area contributed by atoms with Crippen molar-refractivity contribution in [2.45, 2.75) is 39.0 Å². The fraction of sp³-hybridized carbons (Fsp3) is 0.600. The second-order valence-corrected chi connectivity index (χ2v) is 5.14. The molecule has 104 valence electrons. The maximum absolute atomic E-state index is 12.1. The van der Waals surface area contributed by atoms with E-state index in [9.17, 15) is 4.79 Å². The lowest BCUT2D eigenvalue weighted by molar-refractivity contribution is -0.130. The number of likely N-dealkylation sites (tertiary alicyclic amines) is 1. The number of nitrogens with one attached hydrogen (secondary N) is 1. The molecular formula is C15H23N3O. The number of carbonyl (C=O) groups is 1. The van der Waals surface area contributed by atoms with E-state index in [1.165, 1.54) is 12.8 Å². The number of carbonyl (C=O) groups excluding carboxylic acids is 1. The van der Waals surface area contributed by atoms with E-state index < -0.39 is 0 Å². The van der Waals surface area contributed by atoms with Gasteiger partial charge in [0.25, 0.3) is 0 Å². The molecule has 4 heteroatoms. The van der Waals surface area contributed by atoms with Crippen molar-refractivity contribution in [3.8, 4) is 0 Å². The van der Waals surface area contributed by atoms with Gasteiger partial charge in [0.1, 0.15) is 5.82 Å². The van der Waals surface area contributed by atoms with Gasteiger partial charge in [-0.3, -0.25) is 4.79 Å². The summed E-state index contributed by atoms with van der Waals surface area (Å²) >= 11 is 0. The van der Waals surface area contributed by atoms with Crippen molar-refractivity contribution in [2.75, 3.05) is 25.0 Å². The molecule has 2 rings (SSSR count). The van der Waals surface area contributed by atoms with Crippen molar-refractivity contribution in [1.82, 2.24) is 9.88 Å². The van der Waals surface area contributed by atoms with E-state index in [2.05, 4.69) is 10.3 Å². The van der Waals surface area contributed by atoms with E-state index >= 15 is 0 Å². The highest BCUT2D eigenvalue weighted by Crippen LogP contribution is 2.11. The fourth-order valence-electron chi connectivity index (χ4n) is 2.42. The van der Waals surface area contributed by atoms with Crippen molar-refractivity contribution >= 4 is 11.7 Å². The predicted molar refractivity (Wildman–Crippen MR) is 77.1 cm³/mol. The smallest absolute Gasteiger partial charge is 0.224 e. The normalized spacial score (nSPS) is 15.9. The van der Waals surface area contributed by atoms with Crippen LogP contribution in [-0.4, -0.2) is 35.4 Å². The van der Waals surface area contributed by atoms with E-state index in [-0.39, 0.29) is 5.91 Å². The van der Waals surface area contributed by atoms with Crippen LogP contribution in [0, 0.1) is 6.92 Å². The third-order valence-electron chi connectivity index (χ3n) is 3.49. The second kappa shape index (κ2) is 7.12. The lowest BCUT2D eigenvalue weighted by Gasteiger charge is -2.20. The molecule has 2 heterocycles. The zero-order chi connectivity index (χ0) is 13.5. The average Bonchev–Trinajstić information content (AvgIpc) is 2.67. The van der Waals surface area contributed by atoms with Gasteiger partial charge in [0.05, 0.1) is 0 Å². The second-order valence-electron chi connectivity index (χ2n) is 5.14. The number of hydrogen-bond acceptors (Lipinski definition) is 3. The van der Waals surface area contributed by atoms with Gasteiger partial charge in [0.15, 0.2) is 0 Å². The van der Waals surface area contributed by atoms with Crippen LogP contribution in [0.3, 0.4) is 0 Å². The van der Waals surface area contributed by atoms with Gasteiger partial charge in [0, 0.05) is 31.7 Å². The van der Waals surface area contributed by atoms with Crippen LogP contribution >= 0.6 is 0 Å². The zero-order valence-corrected chi connectivity index (χ0v) is 11.7. The average molecular weight is 261 g/mol. The highest BCUT2D eigenvalue weighted by atomic mass is 16.2. The van der Waals surface area contributed by atoms with Crippen LogP contribution in [0.5, 0.6) is 0 Å². The molecule has 0 unspecified atom stereocenters. The van der Waals surface area contributed by atoms with Crippen LogP contribution in [0.15, 0.2) is 18.2 Å². The summed E-state index contributed by atoms with van der Waals surface area (Å²) in [5.74, 6) is 1.12. The van der Waals surface area contributed by atoms with E-state index in [0.717, 1.165) is 37.4 Å². The van der Waals surface area contributed by atoms with Gasteiger partial charge in [-0.1, -0.05) is 18.9 Å². The first-order chi connectivity index (χ1) is 9.25. The summed E-state index contributed by atoms with van der Waals surface area (Å²) in [6.07, 6.45) is 5.37. The molecule has 0 radical (unpaired) electrons. The molecule has 19 heavy (non-hydrogen) atoms. The summed E-state index contributed by atoms with van der Waals surface area (Å²) in [6, 6.07) is 5.87. The van der Waals surface area contributed by atoms with Crippen LogP contribution < -0.4 is 5.32 Å². The largest absolute Gasteiger partial charge is 0.370 e. The van der Waals surface area contributed by atoms with Crippen molar-refractivity contribution in [3.63, 3.8) is 0 Å². The molecule has 0 aliphatic carbocycles. The number of hydrogen-bond donors (Lipinski definition) is 1. The molecule has 0 bridgehead atoms. The summed E-state index contributed by atoms with van der Waals surface area (Å²) in [7, 11) is 0. The Morgan fingerprint density at radius 3 is 2.68 bits per heavy atom. The van der Waals surface area contributed by atoms with Gasteiger partial charge in [0.2, 0.25) is 5.91 Å². The number of rotatable bonds is 4. The molecule has 1 aromatic rings. The SMILES string of the molecule is Cc1cccc(NCCC(=O)N2CCCCCC2)n1. The first-order valence-corrected chi connectivity index (χ1v) is 7.21. The Morgan fingerprint density at radius 1 is 1.26 bits per heavy atom.